The van der Waals surface area contributed by atoms with Crippen LogP contribution in [0.15, 0.2) is 72.9 Å². The molecule has 55 heavy (non-hydrogen) atoms. The second-order valence-corrected chi connectivity index (χ2v) is 17.1. The molecule has 0 radical (unpaired) electrons. The summed E-state index contributed by atoms with van der Waals surface area (Å²) in [5.74, 6) is -0.191. The molecule has 3 N–H and O–H groups in total. The zero-order valence-electron chi connectivity index (χ0n) is 35.9. The van der Waals surface area contributed by atoms with Crippen molar-refractivity contribution in [3.63, 3.8) is 0 Å². The molecule has 3 unspecified atom stereocenters. The van der Waals surface area contributed by atoms with Gasteiger partial charge in [-0.1, -0.05) is 164 Å². The monoisotopic (exact) mass is 792 g/mol. The predicted molar refractivity (Wildman–Crippen MR) is 235 cm³/mol. The van der Waals surface area contributed by atoms with E-state index in [2.05, 4.69) is 79.9 Å². The van der Waals surface area contributed by atoms with Gasteiger partial charge in [-0.05, 0) is 64.2 Å². The van der Waals surface area contributed by atoms with Gasteiger partial charge in [-0.2, -0.15) is 0 Å². The number of aliphatic hydroxyl groups is 1. The lowest BCUT2D eigenvalue weighted by atomic mass is 10.0. The zero-order chi connectivity index (χ0) is 40.7. The molecule has 3 atom stereocenters. The summed E-state index contributed by atoms with van der Waals surface area (Å²) in [6.45, 7) is 4.59. The van der Waals surface area contributed by atoms with E-state index in [0.717, 1.165) is 77.0 Å². The Morgan fingerprint density at radius 1 is 0.636 bits per heavy atom. The van der Waals surface area contributed by atoms with E-state index in [-0.39, 0.29) is 19.1 Å². The number of amides is 1. The van der Waals surface area contributed by atoms with Crippen LogP contribution in [-0.2, 0) is 18.4 Å². The summed E-state index contributed by atoms with van der Waals surface area (Å²) in [6, 6.07) is -0.847. The second-order valence-electron chi connectivity index (χ2n) is 15.7. The van der Waals surface area contributed by atoms with E-state index in [1.165, 1.54) is 64.2 Å². The number of aliphatic hydroxyl groups excluding tert-OH is 1. The Labute approximate surface area is 338 Å². The van der Waals surface area contributed by atoms with Gasteiger partial charge in [-0.15, -0.1) is 0 Å². The molecule has 0 bridgehead atoms. The van der Waals surface area contributed by atoms with Crippen LogP contribution in [0.5, 0.6) is 0 Å². The smallest absolute Gasteiger partial charge is 0.387 e. The highest BCUT2D eigenvalue weighted by Crippen LogP contribution is 2.43. The van der Waals surface area contributed by atoms with Gasteiger partial charge in [0.25, 0.3) is 0 Å². The topological polar surface area (TPSA) is 105 Å². The van der Waals surface area contributed by atoms with Crippen LogP contribution in [0.4, 0.5) is 0 Å². The molecule has 318 valence electrons. The maximum atomic E-state index is 12.8. The van der Waals surface area contributed by atoms with E-state index in [1.54, 1.807) is 6.08 Å². The molecule has 0 spiro atoms. The summed E-state index contributed by atoms with van der Waals surface area (Å²) in [6.07, 6.45) is 50.1. The normalized spacial score (nSPS) is 15.1. The number of nitrogens with zero attached hydrogens (tertiary/aromatic N) is 1. The average molecular weight is 792 g/mol. The molecule has 0 aromatic rings. The van der Waals surface area contributed by atoms with Crippen LogP contribution in [0, 0.1) is 0 Å². The van der Waals surface area contributed by atoms with Crippen molar-refractivity contribution in [3.8, 4) is 0 Å². The standard InChI is InChI=1S/C46H83N2O6P/c1-6-8-10-12-14-15-16-17-18-19-20-21-22-23-24-25-26-27-28-29-30-31-32-33-34-36-38-40-46(50)47-44(45(49)39-37-35-13-11-9-7-2)43-54-55(51,52)53-42-41-48(3,4)5/h8,10,14-15,17-18,20-21,23-24,37,39,44-45,49H,6-7,9,11-13,16,19,22,25-36,38,40-43H2,1-5H3,(H-,47,50,51,52)/p+1/b10-8-,15-14-,18-17-,21-20-,24-23-,39-37+. The van der Waals surface area contributed by atoms with Crippen molar-refractivity contribution in [2.75, 3.05) is 40.9 Å². The molecule has 0 aliphatic carbocycles. The summed E-state index contributed by atoms with van der Waals surface area (Å²) in [5, 5.41) is 13.6. The third-order valence-electron chi connectivity index (χ3n) is 9.18. The van der Waals surface area contributed by atoms with Crippen LogP contribution in [0.1, 0.15) is 162 Å². The lowest BCUT2D eigenvalue weighted by Gasteiger charge is -2.25. The molecule has 8 nitrogen and oxygen atoms in total. The fourth-order valence-corrected chi connectivity index (χ4v) is 6.45. The lowest BCUT2D eigenvalue weighted by Crippen LogP contribution is -2.45. The molecule has 0 heterocycles. The number of nitrogens with one attached hydrogen (secondary N) is 1. The van der Waals surface area contributed by atoms with Crippen LogP contribution < -0.4 is 5.32 Å². The van der Waals surface area contributed by atoms with Gasteiger partial charge in [0.1, 0.15) is 13.2 Å². The average Bonchev–Trinajstić information content (AvgIpc) is 3.13. The minimum atomic E-state index is -4.33. The van der Waals surface area contributed by atoms with Gasteiger partial charge in [0.15, 0.2) is 0 Å². The first-order chi connectivity index (χ1) is 26.5. The van der Waals surface area contributed by atoms with E-state index in [9.17, 15) is 19.4 Å². The van der Waals surface area contributed by atoms with Gasteiger partial charge < -0.3 is 19.8 Å². The number of hydrogen-bond donors (Lipinski definition) is 3. The molecule has 0 saturated carbocycles. The van der Waals surface area contributed by atoms with Crippen LogP contribution >= 0.6 is 7.82 Å². The number of phosphoric acid groups is 1. The summed E-state index contributed by atoms with van der Waals surface area (Å²) >= 11 is 0. The summed E-state index contributed by atoms with van der Waals surface area (Å²) in [4.78, 5) is 22.9. The molecule has 0 aromatic heterocycles. The summed E-state index contributed by atoms with van der Waals surface area (Å²) < 4.78 is 23.4. The third-order valence-corrected chi connectivity index (χ3v) is 10.2. The van der Waals surface area contributed by atoms with Gasteiger partial charge in [0.05, 0.1) is 39.9 Å². The number of unbranched alkanes of at least 4 members (excludes halogenated alkanes) is 15. The molecular formula is C46H84N2O6P+. The van der Waals surface area contributed by atoms with Crippen LogP contribution in [-0.4, -0.2) is 73.4 Å². The van der Waals surface area contributed by atoms with E-state index in [1.807, 2.05) is 27.2 Å². The van der Waals surface area contributed by atoms with Crippen molar-refractivity contribution < 1.29 is 32.9 Å². The molecule has 0 rings (SSSR count). The van der Waals surface area contributed by atoms with Crippen molar-refractivity contribution in [3.05, 3.63) is 72.9 Å². The summed E-state index contributed by atoms with van der Waals surface area (Å²) in [5.41, 5.74) is 0. The highest BCUT2D eigenvalue weighted by atomic mass is 31.2. The lowest BCUT2D eigenvalue weighted by molar-refractivity contribution is -0.870. The van der Waals surface area contributed by atoms with Crippen LogP contribution in [0.2, 0.25) is 0 Å². The van der Waals surface area contributed by atoms with Crippen molar-refractivity contribution in [2.45, 2.75) is 174 Å². The molecular weight excluding hydrogens is 707 g/mol. The van der Waals surface area contributed by atoms with Crippen molar-refractivity contribution in [1.82, 2.24) is 5.32 Å². The Balaban J connectivity index is 4.09. The minimum absolute atomic E-state index is 0.0570. The maximum absolute atomic E-state index is 12.8. The number of carbonyl (C=O) groups excluding carboxylic acids is 1. The first kappa shape index (κ1) is 52.9. The van der Waals surface area contributed by atoms with Crippen molar-refractivity contribution >= 4 is 13.7 Å². The predicted octanol–water partition coefficient (Wildman–Crippen LogP) is 12.0. The number of quaternary nitrogens is 1. The van der Waals surface area contributed by atoms with Gasteiger partial charge in [-0.3, -0.25) is 13.8 Å². The number of likely N-dealkylation sites (N-methyl/N-ethyl adjacent to an activating group) is 1. The second kappa shape index (κ2) is 37.5. The number of carbonyl (C=O) groups is 1. The fraction of sp³-hybridized carbons (Fsp3) is 0.717. The third kappa shape index (κ3) is 40.0. The Hall–Kier alpha value is -2.06. The molecule has 0 saturated heterocycles. The molecule has 0 aliphatic heterocycles. The number of phosphoric ester groups is 1. The quantitative estimate of drug-likeness (QED) is 0.0249. The SMILES string of the molecule is CC/C=C\C/C=C\C/C=C\C/C=C\C/C=C\CCCCCCCCCCCCCC(=O)NC(COP(=O)(O)OCC[N+](C)(C)C)C(O)/C=C/CCCCCC. The van der Waals surface area contributed by atoms with Crippen LogP contribution in [0.25, 0.3) is 0 Å². The van der Waals surface area contributed by atoms with Crippen molar-refractivity contribution in [2.24, 2.45) is 0 Å². The highest BCUT2D eigenvalue weighted by Gasteiger charge is 2.27. The largest absolute Gasteiger partial charge is 0.472 e. The van der Waals surface area contributed by atoms with Gasteiger partial charge in [0, 0.05) is 6.42 Å². The summed E-state index contributed by atoms with van der Waals surface area (Å²) in [7, 11) is 1.55. The van der Waals surface area contributed by atoms with E-state index in [4.69, 9.17) is 9.05 Å². The van der Waals surface area contributed by atoms with Crippen LogP contribution in [0.3, 0.4) is 0 Å². The van der Waals surface area contributed by atoms with E-state index >= 15 is 0 Å². The Morgan fingerprint density at radius 2 is 1.09 bits per heavy atom. The minimum Gasteiger partial charge on any atom is -0.387 e. The van der Waals surface area contributed by atoms with Crippen molar-refractivity contribution in [1.29, 1.82) is 0 Å². The fourth-order valence-electron chi connectivity index (χ4n) is 5.71. The van der Waals surface area contributed by atoms with Gasteiger partial charge in [-0.25, -0.2) is 4.57 Å². The van der Waals surface area contributed by atoms with Gasteiger partial charge in [0.2, 0.25) is 5.91 Å². The number of allylic oxidation sites excluding steroid dienone is 11. The Kier molecular flexibility index (Phi) is 36.1. The Bertz CT molecular complexity index is 1120. The number of rotatable bonds is 38. The molecule has 0 aliphatic rings. The molecule has 1 amide bonds. The van der Waals surface area contributed by atoms with E-state index < -0.39 is 20.0 Å². The maximum Gasteiger partial charge on any atom is 0.472 e. The first-order valence-corrected chi connectivity index (χ1v) is 23.3. The first-order valence-electron chi connectivity index (χ1n) is 21.8. The van der Waals surface area contributed by atoms with E-state index in [0.29, 0.717) is 17.4 Å². The molecule has 0 aromatic carbocycles. The molecule has 9 heteroatoms. The Morgan fingerprint density at radius 3 is 1.60 bits per heavy atom. The zero-order valence-corrected chi connectivity index (χ0v) is 36.8. The highest BCUT2D eigenvalue weighted by molar-refractivity contribution is 7.47. The van der Waals surface area contributed by atoms with Gasteiger partial charge >= 0.3 is 7.82 Å². The number of hydrogen-bond acceptors (Lipinski definition) is 5. The molecule has 0 fully saturated rings.